The number of likely N-dealkylation sites (tertiary alicyclic amines) is 1. The van der Waals surface area contributed by atoms with Gasteiger partial charge >= 0.3 is 0 Å². The fourth-order valence-electron chi connectivity index (χ4n) is 4.55. The molecule has 0 atom stereocenters. The maximum atomic E-state index is 6.14. The van der Waals surface area contributed by atoms with Crippen molar-refractivity contribution in [1.82, 2.24) is 4.90 Å². The Morgan fingerprint density at radius 3 is 2.34 bits per heavy atom. The molecule has 4 nitrogen and oxygen atoms in total. The molecule has 1 saturated heterocycles. The number of ether oxygens (including phenoxy) is 3. The molecule has 0 spiro atoms. The van der Waals surface area contributed by atoms with Crippen LogP contribution >= 0.6 is 0 Å². The van der Waals surface area contributed by atoms with E-state index in [1.165, 1.54) is 42.6 Å². The molecular formula is C28H29NO3. The summed E-state index contributed by atoms with van der Waals surface area (Å²) in [5, 5.41) is 0. The van der Waals surface area contributed by atoms with E-state index in [1.54, 1.807) is 7.11 Å². The van der Waals surface area contributed by atoms with Crippen LogP contribution in [0.5, 0.6) is 17.2 Å². The van der Waals surface area contributed by atoms with Gasteiger partial charge in [0.15, 0.2) is 0 Å². The first-order chi connectivity index (χ1) is 15.8. The summed E-state index contributed by atoms with van der Waals surface area (Å²) in [6.45, 7) is 4.65. The van der Waals surface area contributed by atoms with Gasteiger partial charge in [0.05, 0.1) is 7.11 Å². The lowest BCUT2D eigenvalue weighted by Gasteiger charge is -2.25. The fourth-order valence-corrected chi connectivity index (χ4v) is 4.55. The molecule has 3 aromatic rings. The molecule has 4 heteroatoms. The van der Waals surface area contributed by atoms with E-state index in [2.05, 4.69) is 59.5 Å². The van der Waals surface area contributed by atoms with Gasteiger partial charge in [-0.3, -0.25) is 4.90 Å². The number of hydrogen-bond donors (Lipinski definition) is 0. The summed E-state index contributed by atoms with van der Waals surface area (Å²) < 4.78 is 17.6. The Hall–Kier alpha value is -3.24. The Labute approximate surface area is 190 Å². The zero-order valence-electron chi connectivity index (χ0n) is 18.5. The summed E-state index contributed by atoms with van der Waals surface area (Å²) in [5.74, 6) is 2.56. The molecule has 0 radical (unpaired) electrons. The summed E-state index contributed by atoms with van der Waals surface area (Å²) in [4.78, 5) is 2.47. The molecule has 0 amide bonds. The predicted octanol–water partition coefficient (Wildman–Crippen LogP) is 5.52. The molecule has 0 aromatic heterocycles. The SMILES string of the molecule is COc1ccc2c(c1)OCC(c1ccccc1)=C2c1ccc(OCCN2CCCC2)cc1. The normalized spacial score (nSPS) is 15.9. The van der Waals surface area contributed by atoms with E-state index < -0.39 is 0 Å². The Bertz CT molecular complexity index is 1080. The van der Waals surface area contributed by atoms with Crippen LogP contribution in [0.3, 0.4) is 0 Å². The molecule has 0 aliphatic carbocycles. The van der Waals surface area contributed by atoms with E-state index in [4.69, 9.17) is 14.2 Å². The quantitative estimate of drug-likeness (QED) is 0.497. The molecule has 0 unspecified atom stereocenters. The van der Waals surface area contributed by atoms with Crippen molar-refractivity contribution >= 4 is 11.1 Å². The van der Waals surface area contributed by atoms with Crippen molar-refractivity contribution in [2.75, 3.05) is 40.0 Å². The highest BCUT2D eigenvalue weighted by Gasteiger charge is 2.23. The largest absolute Gasteiger partial charge is 0.497 e. The Balaban J connectivity index is 1.44. The molecule has 32 heavy (non-hydrogen) atoms. The number of nitrogens with zero attached hydrogens (tertiary/aromatic N) is 1. The van der Waals surface area contributed by atoms with Gasteiger partial charge in [-0.15, -0.1) is 0 Å². The molecular weight excluding hydrogens is 398 g/mol. The molecule has 0 N–H and O–H groups in total. The molecule has 164 valence electrons. The van der Waals surface area contributed by atoms with Gasteiger partial charge in [-0.05, 0) is 66.9 Å². The van der Waals surface area contributed by atoms with Crippen molar-refractivity contribution in [2.45, 2.75) is 12.8 Å². The van der Waals surface area contributed by atoms with Gasteiger partial charge in [-0.2, -0.15) is 0 Å². The molecule has 2 heterocycles. The van der Waals surface area contributed by atoms with Gasteiger partial charge < -0.3 is 14.2 Å². The third kappa shape index (κ3) is 4.37. The van der Waals surface area contributed by atoms with E-state index in [0.29, 0.717) is 6.61 Å². The van der Waals surface area contributed by atoms with Crippen LogP contribution in [0.1, 0.15) is 29.5 Å². The monoisotopic (exact) mass is 427 g/mol. The van der Waals surface area contributed by atoms with Gasteiger partial charge in [0.25, 0.3) is 0 Å². The second-order valence-electron chi connectivity index (χ2n) is 8.29. The van der Waals surface area contributed by atoms with Crippen LogP contribution in [0, 0.1) is 0 Å². The van der Waals surface area contributed by atoms with Crippen LogP contribution in [0.25, 0.3) is 11.1 Å². The van der Waals surface area contributed by atoms with Crippen LogP contribution in [0.15, 0.2) is 72.8 Å². The third-order valence-corrected chi connectivity index (χ3v) is 6.27. The van der Waals surface area contributed by atoms with Crippen LogP contribution in [0.4, 0.5) is 0 Å². The third-order valence-electron chi connectivity index (χ3n) is 6.27. The van der Waals surface area contributed by atoms with E-state index in [1.807, 2.05) is 18.2 Å². The molecule has 2 aliphatic heterocycles. The molecule has 1 fully saturated rings. The topological polar surface area (TPSA) is 30.9 Å². The predicted molar refractivity (Wildman–Crippen MR) is 128 cm³/mol. The standard InChI is InChI=1S/C28H29NO3/c1-30-24-13-14-25-27(19-24)32-20-26(21-7-3-2-4-8-21)28(25)22-9-11-23(12-10-22)31-18-17-29-15-5-6-16-29/h2-4,7-14,19H,5-6,15-18,20H2,1H3. The van der Waals surface area contributed by atoms with Crippen LogP contribution in [-0.4, -0.2) is 44.9 Å². The van der Waals surface area contributed by atoms with Crippen molar-refractivity contribution in [2.24, 2.45) is 0 Å². The average molecular weight is 428 g/mol. The lowest BCUT2D eigenvalue weighted by atomic mass is 9.88. The minimum absolute atomic E-state index is 0.521. The number of fused-ring (bicyclic) bond motifs is 1. The van der Waals surface area contributed by atoms with Crippen LogP contribution < -0.4 is 14.2 Å². The van der Waals surface area contributed by atoms with E-state index in [0.717, 1.165) is 41.5 Å². The van der Waals surface area contributed by atoms with Gasteiger partial charge in [-0.1, -0.05) is 42.5 Å². The Morgan fingerprint density at radius 2 is 1.59 bits per heavy atom. The van der Waals surface area contributed by atoms with E-state index in [-0.39, 0.29) is 0 Å². The van der Waals surface area contributed by atoms with Crippen LogP contribution in [0.2, 0.25) is 0 Å². The molecule has 0 bridgehead atoms. The zero-order chi connectivity index (χ0) is 21.8. The number of methoxy groups -OCH3 is 1. The highest BCUT2D eigenvalue weighted by atomic mass is 16.5. The highest BCUT2D eigenvalue weighted by Crippen LogP contribution is 2.42. The molecule has 0 saturated carbocycles. The van der Waals surface area contributed by atoms with Crippen molar-refractivity contribution < 1.29 is 14.2 Å². The fraction of sp³-hybridized carbons (Fsp3) is 0.286. The lowest BCUT2D eigenvalue weighted by molar-refractivity contribution is 0.238. The summed E-state index contributed by atoms with van der Waals surface area (Å²) in [7, 11) is 1.68. The summed E-state index contributed by atoms with van der Waals surface area (Å²) in [5.41, 5.74) is 5.80. The Morgan fingerprint density at radius 1 is 0.844 bits per heavy atom. The first-order valence-electron chi connectivity index (χ1n) is 11.4. The zero-order valence-corrected chi connectivity index (χ0v) is 18.5. The van der Waals surface area contributed by atoms with Crippen molar-refractivity contribution in [1.29, 1.82) is 0 Å². The first-order valence-corrected chi connectivity index (χ1v) is 11.4. The van der Waals surface area contributed by atoms with Crippen molar-refractivity contribution in [3.8, 4) is 17.2 Å². The van der Waals surface area contributed by atoms with Crippen molar-refractivity contribution in [3.05, 3.63) is 89.5 Å². The number of hydrogen-bond acceptors (Lipinski definition) is 4. The van der Waals surface area contributed by atoms with Gasteiger partial charge in [0.1, 0.15) is 30.5 Å². The maximum Gasteiger partial charge on any atom is 0.131 e. The highest BCUT2D eigenvalue weighted by molar-refractivity contribution is 6.01. The molecule has 5 rings (SSSR count). The molecule has 2 aliphatic rings. The van der Waals surface area contributed by atoms with Gasteiger partial charge in [0.2, 0.25) is 0 Å². The maximum absolute atomic E-state index is 6.14. The van der Waals surface area contributed by atoms with E-state index in [9.17, 15) is 0 Å². The smallest absolute Gasteiger partial charge is 0.131 e. The number of benzene rings is 3. The second kappa shape index (κ2) is 9.49. The van der Waals surface area contributed by atoms with E-state index >= 15 is 0 Å². The van der Waals surface area contributed by atoms with Gasteiger partial charge in [-0.25, -0.2) is 0 Å². The van der Waals surface area contributed by atoms with Gasteiger partial charge in [0, 0.05) is 23.7 Å². The second-order valence-corrected chi connectivity index (χ2v) is 8.29. The summed E-state index contributed by atoms with van der Waals surface area (Å²) >= 11 is 0. The minimum Gasteiger partial charge on any atom is -0.497 e. The number of rotatable bonds is 7. The Kier molecular flexibility index (Phi) is 6.13. The minimum atomic E-state index is 0.521. The van der Waals surface area contributed by atoms with Crippen molar-refractivity contribution in [3.63, 3.8) is 0 Å². The lowest BCUT2D eigenvalue weighted by Crippen LogP contribution is -2.25. The van der Waals surface area contributed by atoms with Crippen LogP contribution in [-0.2, 0) is 0 Å². The summed E-state index contributed by atoms with van der Waals surface area (Å²) in [6, 6.07) is 25.0. The molecule has 3 aromatic carbocycles. The average Bonchev–Trinajstić information content (AvgIpc) is 3.37. The summed E-state index contributed by atoms with van der Waals surface area (Å²) in [6.07, 6.45) is 2.62. The first kappa shape index (κ1) is 20.7.